The highest BCUT2D eigenvalue weighted by Crippen LogP contribution is 2.34. The molecule has 0 aromatic rings. The summed E-state index contributed by atoms with van der Waals surface area (Å²) in [5, 5.41) is 9.24. The van der Waals surface area contributed by atoms with Crippen molar-refractivity contribution in [2.24, 2.45) is 11.5 Å². The van der Waals surface area contributed by atoms with Crippen LogP contribution in [0.25, 0.3) is 0 Å². The third-order valence-electron chi connectivity index (χ3n) is 3.01. The second kappa shape index (κ2) is 3.64. The van der Waals surface area contributed by atoms with Crippen LogP contribution in [0.5, 0.6) is 0 Å². The van der Waals surface area contributed by atoms with Gasteiger partial charge in [-0.2, -0.15) is 0 Å². The summed E-state index contributed by atoms with van der Waals surface area (Å²) in [5.41, 5.74) is 10.6. The molecule has 0 spiro atoms. The number of hydrogen-bond acceptors (Lipinski definition) is 3. The van der Waals surface area contributed by atoms with Gasteiger partial charge in [0.25, 0.3) is 0 Å². The van der Waals surface area contributed by atoms with Crippen LogP contribution in [0.4, 0.5) is 4.79 Å². The summed E-state index contributed by atoms with van der Waals surface area (Å²) >= 11 is 0. The summed E-state index contributed by atoms with van der Waals surface area (Å²) in [5.74, 6) is 0. The summed E-state index contributed by atoms with van der Waals surface area (Å²) < 4.78 is 0. The molecule has 1 rings (SSSR count). The molecule has 0 saturated heterocycles. The standard InChI is InChI=1S/C10H21N3O2/c1-9(2,3)13(8(14)15)10(12)6-4-5-7(10)11/h7H,4-6,11-12H2,1-3H3,(H,14,15). The second-order valence-corrected chi connectivity index (χ2v) is 5.28. The zero-order valence-electron chi connectivity index (χ0n) is 9.66. The number of amides is 1. The Hall–Kier alpha value is -0.810. The molecular weight excluding hydrogens is 194 g/mol. The molecule has 1 aliphatic rings. The molecular formula is C10H21N3O2. The first-order valence-electron chi connectivity index (χ1n) is 5.27. The lowest BCUT2D eigenvalue weighted by molar-refractivity contribution is 0.0134. The summed E-state index contributed by atoms with van der Waals surface area (Å²) in [7, 11) is 0. The van der Waals surface area contributed by atoms with Gasteiger partial charge in [0.2, 0.25) is 0 Å². The summed E-state index contributed by atoms with van der Waals surface area (Å²) in [6, 6.07) is -0.271. The van der Waals surface area contributed by atoms with E-state index < -0.39 is 17.3 Å². The van der Waals surface area contributed by atoms with Gasteiger partial charge in [-0.15, -0.1) is 0 Å². The molecule has 15 heavy (non-hydrogen) atoms. The maximum Gasteiger partial charge on any atom is 0.409 e. The Morgan fingerprint density at radius 3 is 2.33 bits per heavy atom. The minimum absolute atomic E-state index is 0.271. The maximum absolute atomic E-state index is 11.3. The monoisotopic (exact) mass is 215 g/mol. The van der Waals surface area contributed by atoms with E-state index in [2.05, 4.69) is 0 Å². The normalized spacial score (nSPS) is 31.7. The zero-order valence-corrected chi connectivity index (χ0v) is 9.66. The van der Waals surface area contributed by atoms with E-state index in [0.29, 0.717) is 6.42 Å². The number of nitrogens with zero attached hydrogens (tertiary/aromatic N) is 1. The van der Waals surface area contributed by atoms with Crippen LogP contribution in [0.3, 0.4) is 0 Å². The van der Waals surface area contributed by atoms with E-state index in [-0.39, 0.29) is 6.04 Å². The first kappa shape index (κ1) is 12.3. The minimum Gasteiger partial charge on any atom is -0.465 e. The molecule has 5 N–H and O–H groups in total. The summed E-state index contributed by atoms with van der Waals surface area (Å²) in [6.45, 7) is 5.50. The van der Waals surface area contributed by atoms with Crippen LogP contribution in [0.2, 0.25) is 0 Å². The predicted molar refractivity (Wildman–Crippen MR) is 58.4 cm³/mol. The molecule has 0 aliphatic heterocycles. The molecule has 1 saturated carbocycles. The van der Waals surface area contributed by atoms with E-state index in [1.165, 1.54) is 4.90 Å². The summed E-state index contributed by atoms with van der Waals surface area (Å²) in [6.07, 6.45) is 1.31. The van der Waals surface area contributed by atoms with E-state index >= 15 is 0 Å². The highest BCUT2D eigenvalue weighted by atomic mass is 16.4. The molecule has 0 radical (unpaired) electrons. The van der Waals surface area contributed by atoms with Crippen molar-refractivity contribution in [1.82, 2.24) is 4.90 Å². The SMILES string of the molecule is CC(C)(C)N(C(=O)O)C1(N)CCCC1N. The quantitative estimate of drug-likeness (QED) is 0.567. The van der Waals surface area contributed by atoms with E-state index in [4.69, 9.17) is 11.5 Å². The molecule has 0 aromatic heterocycles. The van der Waals surface area contributed by atoms with Crippen molar-refractivity contribution in [2.75, 3.05) is 0 Å². The largest absolute Gasteiger partial charge is 0.465 e. The lowest BCUT2D eigenvalue weighted by Gasteiger charge is -2.46. The van der Waals surface area contributed by atoms with Crippen LogP contribution in [-0.2, 0) is 0 Å². The molecule has 0 bridgehead atoms. The Morgan fingerprint density at radius 1 is 1.53 bits per heavy atom. The van der Waals surface area contributed by atoms with Gasteiger partial charge in [0.05, 0.1) is 0 Å². The third-order valence-corrected chi connectivity index (χ3v) is 3.01. The average molecular weight is 215 g/mol. The highest BCUT2D eigenvalue weighted by molar-refractivity contribution is 5.67. The van der Waals surface area contributed by atoms with E-state index in [9.17, 15) is 9.90 Å². The maximum atomic E-state index is 11.3. The van der Waals surface area contributed by atoms with E-state index in [1.807, 2.05) is 20.8 Å². The van der Waals surface area contributed by atoms with E-state index in [1.54, 1.807) is 0 Å². The Balaban J connectivity index is 3.04. The number of rotatable bonds is 1. The van der Waals surface area contributed by atoms with Gasteiger partial charge in [-0.3, -0.25) is 4.90 Å². The Kier molecular flexibility index (Phi) is 2.98. The first-order chi connectivity index (χ1) is 6.69. The van der Waals surface area contributed by atoms with Crippen LogP contribution in [0, 0.1) is 0 Å². The highest BCUT2D eigenvalue weighted by Gasteiger charge is 2.49. The second-order valence-electron chi connectivity index (χ2n) is 5.28. The van der Waals surface area contributed by atoms with Crippen molar-refractivity contribution in [3.63, 3.8) is 0 Å². The fourth-order valence-corrected chi connectivity index (χ4v) is 2.41. The van der Waals surface area contributed by atoms with Gasteiger partial charge in [0.15, 0.2) is 0 Å². The minimum atomic E-state index is -0.998. The van der Waals surface area contributed by atoms with Crippen LogP contribution in [-0.4, -0.2) is 33.3 Å². The molecule has 2 unspecified atom stereocenters. The van der Waals surface area contributed by atoms with Gasteiger partial charge < -0.3 is 16.6 Å². The number of hydrogen-bond donors (Lipinski definition) is 3. The van der Waals surface area contributed by atoms with Gasteiger partial charge in [0.1, 0.15) is 5.66 Å². The van der Waals surface area contributed by atoms with Crippen molar-refractivity contribution in [3.8, 4) is 0 Å². The molecule has 0 heterocycles. The Morgan fingerprint density at radius 2 is 2.07 bits per heavy atom. The lowest BCUT2D eigenvalue weighted by Crippen LogP contribution is -2.69. The van der Waals surface area contributed by atoms with Gasteiger partial charge in [0, 0.05) is 11.6 Å². The smallest absolute Gasteiger partial charge is 0.409 e. The topological polar surface area (TPSA) is 92.6 Å². The van der Waals surface area contributed by atoms with Crippen LogP contribution < -0.4 is 11.5 Å². The Labute approximate surface area is 90.4 Å². The lowest BCUT2D eigenvalue weighted by atomic mass is 9.96. The van der Waals surface area contributed by atoms with Crippen LogP contribution in [0.15, 0.2) is 0 Å². The molecule has 5 heteroatoms. The van der Waals surface area contributed by atoms with Gasteiger partial charge in [-0.25, -0.2) is 4.79 Å². The fraction of sp³-hybridized carbons (Fsp3) is 0.900. The van der Waals surface area contributed by atoms with E-state index in [0.717, 1.165) is 12.8 Å². The molecule has 88 valence electrons. The molecule has 5 nitrogen and oxygen atoms in total. The summed E-state index contributed by atoms with van der Waals surface area (Å²) in [4.78, 5) is 12.6. The average Bonchev–Trinajstić information content (AvgIpc) is 2.27. The zero-order chi connectivity index (χ0) is 11.9. The number of nitrogens with two attached hydrogens (primary N) is 2. The molecule has 2 atom stereocenters. The van der Waals surface area contributed by atoms with Gasteiger partial charge in [-0.1, -0.05) is 0 Å². The van der Waals surface area contributed by atoms with Crippen molar-refractivity contribution < 1.29 is 9.90 Å². The van der Waals surface area contributed by atoms with Gasteiger partial charge in [-0.05, 0) is 40.0 Å². The Bertz CT molecular complexity index is 262. The number of carboxylic acid groups (broad SMARTS) is 1. The molecule has 1 fully saturated rings. The van der Waals surface area contributed by atoms with Crippen LogP contribution >= 0.6 is 0 Å². The number of carbonyl (C=O) groups is 1. The fourth-order valence-electron chi connectivity index (χ4n) is 2.41. The van der Waals surface area contributed by atoms with Crippen molar-refractivity contribution in [1.29, 1.82) is 0 Å². The predicted octanol–water partition coefficient (Wildman–Crippen LogP) is 0.931. The molecule has 1 amide bonds. The third kappa shape index (κ3) is 2.08. The van der Waals surface area contributed by atoms with Crippen molar-refractivity contribution >= 4 is 6.09 Å². The molecule has 0 aromatic carbocycles. The molecule has 1 aliphatic carbocycles. The first-order valence-corrected chi connectivity index (χ1v) is 5.27. The van der Waals surface area contributed by atoms with Gasteiger partial charge >= 0.3 is 6.09 Å². The van der Waals surface area contributed by atoms with Crippen molar-refractivity contribution in [3.05, 3.63) is 0 Å². The van der Waals surface area contributed by atoms with Crippen LogP contribution in [0.1, 0.15) is 40.0 Å². The van der Waals surface area contributed by atoms with Crippen molar-refractivity contribution in [2.45, 2.75) is 57.3 Å².